The van der Waals surface area contributed by atoms with E-state index >= 15 is 0 Å². The molecule has 2 aromatic heterocycles. The van der Waals surface area contributed by atoms with Gasteiger partial charge in [-0.15, -0.1) is 0 Å². The summed E-state index contributed by atoms with van der Waals surface area (Å²) in [4.78, 5) is 2.49. The Morgan fingerprint density at radius 2 is 1.06 bits per heavy atom. The van der Waals surface area contributed by atoms with Gasteiger partial charge in [-0.1, -0.05) is 121 Å². The summed E-state index contributed by atoms with van der Waals surface area (Å²) in [6.45, 7) is 0. The van der Waals surface area contributed by atoms with Crippen LogP contribution >= 0.6 is 0 Å². The summed E-state index contributed by atoms with van der Waals surface area (Å²) in [6, 6.07) is 65.7. The molecule has 0 aliphatic heterocycles. The molecule has 238 valence electrons. The van der Waals surface area contributed by atoms with Crippen LogP contribution < -0.4 is 4.90 Å². The molecule has 0 bridgehead atoms. The monoisotopic (exact) mass is 650 g/mol. The maximum Gasteiger partial charge on any atom is 0.135 e. The van der Waals surface area contributed by atoms with Crippen molar-refractivity contribution in [3.8, 4) is 5.69 Å². The number of anilines is 3. The van der Waals surface area contributed by atoms with Crippen molar-refractivity contribution in [1.29, 1.82) is 0 Å². The van der Waals surface area contributed by atoms with Crippen molar-refractivity contribution in [3.05, 3.63) is 182 Å². The molecule has 2 heterocycles. The van der Waals surface area contributed by atoms with Gasteiger partial charge in [0.25, 0.3) is 0 Å². The summed E-state index contributed by atoms with van der Waals surface area (Å²) < 4.78 is 8.74. The quantitative estimate of drug-likeness (QED) is 0.177. The van der Waals surface area contributed by atoms with Gasteiger partial charge in [0.05, 0.1) is 22.4 Å². The van der Waals surface area contributed by atoms with Crippen LogP contribution in [0.25, 0.3) is 81.7 Å². The number of rotatable bonds is 4. The number of furan rings is 1. The summed E-state index contributed by atoms with van der Waals surface area (Å²) in [7, 11) is 0. The SMILES string of the molecule is c1ccc(-n2c3ccccc3c3c(N(c4ccc5oc6ccccc6c5c4)c4cc5ccccc5c5ccc6ccccc6c45)cccc32)cc1. The zero-order chi connectivity index (χ0) is 33.5. The highest BCUT2D eigenvalue weighted by Gasteiger charge is 2.24. The second-order valence-corrected chi connectivity index (χ2v) is 13.3. The van der Waals surface area contributed by atoms with Crippen molar-refractivity contribution < 1.29 is 4.42 Å². The zero-order valence-electron chi connectivity index (χ0n) is 27.6. The summed E-state index contributed by atoms with van der Waals surface area (Å²) in [6.07, 6.45) is 0. The van der Waals surface area contributed by atoms with Gasteiger partial charge in [-0.25, -0.2) is 0 Å². The summed E-state index contributed by atoms with van der Waals surface area (Å²) in [5.41, 5.74) is 8.58. The minimum absolute atomic E-state index is 0.882. The number of fused-ring (bicyclic) bond motifs is 11. The van der Waals surface area contributed by atoms with Crippen molar-refractivity contribution in [1.82, 2.24) is 4.57 Å². The van der Waals surface area contributed by atoms with E-state index in [0.29, 0.717) is 0 Å². The molecule has 3 heteroatoms. The number of aromatic nitrogens is 1. The second-order valence-electron chi connectivity index (χ2n) is 13.3. The minimum atomic E-state index is 0.882. The van der Waals surface area contributed by atoms with Crippen LogP contribution in [0.4, 0.5) is 17.1 Å². The molecule has 0 atom stereocenters. The van der Waals surface area contributed by atoms with E-state index in [1.165, 1.54) is 48.6 Å². The van der Waals surface area contributed by atoms with Crippen LogP contribution in [0.1, 0.15) is 0 Å². The minimum Gasteiger partial charge on any atom is -0.456 e. The lowest BCUT2D eigenvalue weighted by atomic mass is 9.94. The maximum absolute atomic E-state index is 6.34. The Kier molecular flexibility index (Phi) is 5.96. The Balaban J connectivity index is 1.33. The molecule has 0 N–H and O–H groups in total. The van der Waals surface area contributed by atoms with Crippen molar-refractivity contribution in [2.45, 2.75) is 0 Å². The summed E-state index contributed by atoms with van der Waals surface area (Å²) in [5.74, 6) is 0. The summed E-state index contributed by atoms with van der Waals surface area (Å²) >= 11 is 0. The van der Waals surface area contributed by atoms with E-state index in [9.17, 15) is 0 Å². The normalized spacial score (nSPS) is 11.9. The van der Waals surface area contributed by atoms with E-state index in [4.69, 9.17) is 4.42 Å². The predicted octanol–water partition coefficient (Wildman–Crippen LogP) is 13.6. The van der Waals surface area contributed by atoms with E-state index in [-0.39, 0.29) is 0 Å². The van der Waals surface area contributed by atoms with Gasteiger partial charge in [0.1, 0.15) is 11.2 Å². The van der Waals surface area contributed by atoms with Crippen molar-refractivity contribution in [3.63, 3.8) is 0 Å². The number of benzene rings is 9. The number of para-hydroxylation sites is 3. The smallest absolute Gasteiger partial charge is 0.135 e. The Morgan fingerprint density at radius 3 is 1.94 bits per heavy atom. The topological polar surface area (TPSA) is 21.3 Å². The highest BCUT2D eigenvalue weighted by molar-refractivity contribution is 6.25. The molecule has 51 heavy (non-hydrogen) atoms. The van der Waals surface area contributed by atoms with Crippen molar-refractivity contribution in [2.75, 3.05) is 4.90 Å². The standard InChI is InChI=1S/C48H30N2O/c1-2-15-33(16-3-1)49-41-21-10-8-20-39(41)48-42(49)22-12-23-43(48)50(34-26-28-46-40(30-34)37-19-9-11-24-45(37)51-46)44-29-32-14-5-6-17-35(32)38-27-25-31-13-4-7-18-36(31)47(38)44/h1-30H. The molecule has 9 aromatic carbocycles. The van der Waals surface area contributed by atoms with E-state index in [1.807, 2.05) is 6.07 Å². The molecule has 0 unspecified atom stereocenters. The van der Waals surface area contributed by atoms with Gasteiger partial charge in [-0.05, 0) is 87.6 Å². The van der Waals surface area contributed by atoms with Crippen LogP contribution in [-0.4, -0.2) is 4.57 Å². The molecule has 0 radical (unpaired) electrons. The average molecular weight is 651 g/mol. The first-order valence-corrected chi connectivity index (χ1v) is 17.4. The second kappa shape index (κ2) is 10.8. The lowest BCUT2D eigenvalue weighted by Gasteiger charge is -2.29. The molecular weight excluding hydrogens is 621 g/mol. The molecular formula is C48H30N2O. The maximum atomic E-state index is 6.34. The molecule has 11 rings (SSSR count). The first-order valence-electron chi connectivity index (χ1n) is 17.4. The van der Waals surface area contributed by atoms with Gasteiger partial charge in [0.2, 0.25) is 0 Å². The van der Waals surface area contributed by atoms with Gasteiger partial charge in [0, 0.05) is 38.3 Å². The van der Waals surface area contributed by atoms with Crippen LogP contribution in [0.5, 0.6) is 0 Å². The Labute approximate surface area is 293 Å². The third-order valence-electron chi connectivity index (χ3n) is 10.5. The molecule has 0 fully saturated rings. The van der Waals surface area contributed by atoms with Gasteiger partial charge in [-0.2, -0.15) is 0 Å². The van der Waals surface area contributed by atoms with Crippen molar-refractivity contribution in [2.24, 2.45) is 0 Å². The average Bonchev–Trinajstić information content (AvgIpc) is 3.74. The van der Waals surface area contributed by atoms with E-state index in [1.54, 1.807) is 0 Å². The molecule has 0 amide bonds. The van der Waals surface area contributed by atoms with E-state index in [2.05, 4.69) is 185 Å². The zero-order valence-corrected chi connectivity index (χ0v) is 27.6. The fraction of sp³-hybridized carbons (Fsp3) is 0. The first kappa shape index (κ1) is 28.0. The van der Waals surface area contributed by atoms with Gasteiger partial charge >= 0.3 is 0 Å². The molecule has 0 aliphatic carbocycles. The fourth-order valence-electron chi connectivity index (χ4n) is 8.34. The van der Waals surface area contributed by atoms with Gasteiger partial charge in [0.15, 0.2) is 0 Å². The number of hydrogen-bond donors (Lipinski definition) is 0. The third-order valence-corrected chi connectivity index (χ3v) is 10.5. The van der Waals surface area contributed by atoms with Crippen molar-refractivity contribution >= 4 is 93.1 Å². The number of nitrogens with zero attached hydrogens (tertiary/aromatic N) is 2. The molecule has 0 saturated heterocycles. The van der Waals surface area contributed by atoms with Crippen LogP contribution in [0.3, 0.4) is 0 Å². The lowest BCUT2D eigenvalue weighted by molar-refractivity contribution is 0.669. The molecule has 0 aliphatic rings. The van der Waals surface area contributed by atoms with E-state index < -0.39 is 0 Å². The largest absolute Gasteiger partial charge is 0.456 e. The first-order chi connectivity index (χ1) is 25.3. The van der Waals surface area contributed by atoms with Gasteiger partial charge in [-0.3, -0.25) is 0 Å². The Morgan fingerprint density at radius 1 is 0.373 bits per heavy atom. The molecule has 3 nitrogen and oxygen atoms in total. The number of hydrogen-bond acceptors (Lipinski definition) is 2. The Bertz CT molecular complexity index is 3150. The van der Waals surface area contributed by atoms with Crippen LogP contribution in [0, 0.1) is 0 Å². The van der Waals surface area contributed by atoms with Crippen LogP contribution in [0.2, 0.25) is 0 Å². The molecule has 11 aromatic rings. The Hall–Kier alpha value is -6.84. The lowest BCUT2D eigenvalue weighted by Crippen LogP contribution is -2.11. The third kappa shape index (κ3) is 4.12. The van der Waals surface area contributed by atoms with Crippen LogP contribution in [-0.2, 0) is 0 Å². The highest BCUT2D eigenvalue weighted by atomic mass is 16.3. The highest BCUT2D eigenvalue weighted by Crippen LogP contribution is 2.49. The van der Waals surface area contributed by atoms with Crippen LogP contribution in [0.15, 0.2) is 186 Å². The van der Waals surface area contributed by atoms with E-state index in [0.717, 1.165) is 50.2 Å². The predicted molar refractivity (Wildman–Crippen MR) is 215 cm³/mol. The summed E-state index contributed by atoms with van der Waals surface area (Å²) in [5, 5.41) is 12.0. The molecule has 0 spiro atoms. The van der Waals surface area contributed by atoms with Gasteiger partial charge < -0.3 is 13.9 Å². The fourth-order valence-corrected chi connectivity index (χ4v) is 8.34. The molecule has 0 saturated carbocycles.